The fourth-order valence-electron chi connectivity index (χ4n) is 3.30. The minimum atomic E-state index is -0.546. The number of hydrogen-bond donors (Lipinski definition) is 2. The van der Waals surface area contributed by atoms with Crippen LogP contribution in [-0.4, -0.2) is 50.6 Å². The van der Waals surface area contributed by atoms with Gasteiger partial charge in [0.2, 0.25) is 5.91 Å². The van der Waals surface area contributed by atoms with Gasteiger partial charge in [-0.05, 0) is 38.8 Å². The molecule has 2 aromatic heterocycles. The van der Waals surface area contributed by atoms with Crippen molar-refractivity contribution in [3.63, 3.8) is 0 Å². The number of hydrazine groups is 1. The number of nitrogens with zero attached hydrogens (tertiary/aromatic N) is 4. The molecule has 2 unspecified atom stereocenters. The highest BCUT2D eigenvalue weighted by atomic mass is 16.5. The van der Waals surface area contributed by atoms with E-state index < -0.39 is 5.97 Å². The Labute approximate surface area is 164 Å². The van der Waals surface area contributed by atoms with E-state index >= 15 is 0 Å². The third-order valence-electron chi connectivity index (χ3n) is 4.69. The molecule has 150 valence electrons. The number of hydrogen-bond acceptors (Lipinski definition) is 7. The Bertz CT molecular complexity index is 823. The Balaban J connectivity index is 1.73. The van der Waals surface area contributed by atoms with E-state index in [0.29, 0.717) is 24.3 Å². The van der Waals surface area contributed by atoms with E-state index in [2.05, 4.69) is 20.7 Å². The van der Waals surface area contributed by atoms with Gasteiger partial charge < -0.3 is 14.6 Å². The third kappa shape index (κ3) is 4.37. The van der Waals surface area contributed by atoms with Crippen LogP contribution in [-0.2, 0) is 9.53 Å². The van der Waals surface area contributed by atoms with Crippen LogP contribution in [0.1, 0.15) is 49.0 Å². The Morgan fingerprint density at radius 3 is 2.82 bits per heavy atom. The molecule has 1 saturated heterocycles. The summed E-state index contributed by atoms with van der Waals surface area (Å²) < 4.78 is 7.05. The van der Waals surface area contributed by atoms with Crippen molar-refractivity contribution < 1.29 is 14.3 Å². The lowest BCUT2D eigenvalue weighted by molar-refractivity contribution is -0.125. The highest BCUT2D eigenvalue weighted by Crippen LogP contribution is 2.23. The highest BCUT2D eigenvalue weighted by molar-refractivity contribution is 6.01. The predicted molar refractivity (Wildman–Crippen MR) is 103 cm³/mol. The number of ether oxygens (including phenoxy) is 1. The summed E-state index contributed by atoms with van der Waals surface area (Å²) in [7, 11) is 0. The first-order valence-electron chi connectivity index (χ1n) is 9.49. The van der Waals surface area contributed by atoms with Crippen LogP contribution >= 0.6 is 0 Å². The van der Waals surface area contributed by atoms with Crippen LogP contribution < -0.4 is 10.7 Å². The average molecular weight is 386 g/mol. The molecule has 0 radical (unpaired) electrons. The van der Waals surface area contributed by atoms with Crippen LogP contribution in [0.15, 0.2) is 30.9 Å². The molecule has 9 nitrogen and oxygen atoms in total. The van der Waals surface area contributed by atoms with Crippen molar-refractivity contribution in [2.24, 2.45) is 0 Å². The van der Waals surface area contributed by atoms with E-state index in [-0.39, 0.29) is 30.4 Å². The molecule has 0 aliphatic carbocycles. The molecule has 1 fully saturated rings. The third-order valence-corrected chi connectivity index (χ3v) is 4.69. The number of imidazole rings is 1. The van der Waals surface area contributed by atoms with Gasteiger partial charge in [-0.1, -0.05) is 6.92 Å². The topological polar surface area (TPSA) is 101 Å². The van der Waals surface area contributed by atoms with Gasteiger partial charge in [0.25, 0.3) is 0 Å². The summed E-state index contributed by atoms with van der Waals surface area (Å²) in [5.41, 5.74) is 4.54. The lowest BCUT2D eigenvalue weighted by Gasteiger charge is -2.39. The van der Waals surface area contributed by atoms with Crippen LogP contribution in [0.4, 0.5) is 5.69 Å². The van der Waals surface area contributed by atoms with Crippen LogP contribution in [0.25, 0.3) is 0 Å². The number of likely N-dealkylation sites (N-methyl/N-ethyl adjacent to an activating group) is 1. The van der Waals surface area contributed by atoms with Crippen molar-refractivity contribution in [1.82, 2.24) is 25.0 Å². The number of aryl methyl sites for hydroxylation is 1. The van der Waals surface area contributed by atoms with Gasteiger partial charge in [0.1, 0.15) is 6.04 Å². The van der Waals surface area contributed by atoms with Crippen molar-refractivity contribution in [2.45, 2.75) is 45.8 Å². The minimum absolute atomic E-state index is 0.0580. The van der Waals surface area contributed by atoms with E-state index in [9.17, 15) is 9.59 Å². The van der Waals surface area contributed by atoms with Crippen molar-refractivity contribution in [3.05, 3.63) is 42.2 Å². The maximum atomic E-state index is 13.0. The van der Waals surface area contributed by atoms with Crippen LogP contribution in [0.5, 0.6) is 0 Å². The zero-order chi connectivity index (χ0) is 20.1. The number of aromatic nitrogens is 3. The number of carbonyl (C=O) groups is 2. The Kier molecular flexibility index (Phi) is 6.37. The minimum Gasteiger partial charge on any atom is -0.461 e. The number of amides is 1. The number of rotatable bonds is 6. The normalized spacial score (nSPS) is 20.0. The van der Waals surface area contributed by atoms with Crippen LogP contribution in [0, 0.1) is 6.92 Å². The quantitative estimate of drug-likeness (QED) is 0.731. The summed E-state index contributed by atoms with van der Waals surface area (Å²) in [6.07, 6.45) is 6.90. The zero-order valence-electron chi connectivity index (χ0n) is 16.4. The molecule has 2 aromatic rings. The standard InChI is InChI=1S/C19H26N6O3/c1-4-25-15(8-9-16(23-25)24-11-10-20-12-24)18(26)22-14-7-6-13(3)21-17(14)19(27)28-5-2/h6-7,10-12,15-16,23H,4-5,8-9H2,1-3H3,(H,22,26). The zero-order valence-corrected chi connectivity index (χ0v) is 16.4. The van der Waals surface area contributed by atoms with Crippen LogP contribution in [0.2, 0.25) is 0 Å². The van der Waals surface area contributed by atoms with Crippen molar-refractivity contribution >= 4 is 17.6 Å². The molecule has 1 amide bonds. The molecule has 9 heteroatoms. The molecule has 3 heterocycles. The van der Waals surface area contributed by atoms with Gasteiger partial charge in [-0.15, -0.1) is 0 Å². The molecule has 0 spiro atoms. The molecule has 0 aromatic carbocycles. The largest absolute Gasteiger partial charge is 0.461 e. The lowest BCUT2D eigenvalue weighted by atomic mass is 10.1. The summed E-state index contributed by atoms with van der Waals surface area (Å²) in [5, 5.41) is 4.77. The molecule has 2 N–H and O–H groups in total. The van der Waals surface area contributed by atoms with E-state index in [1.807, 2.05) is 22.7 Å². The summed E-state index contributed by atoms with van der Waals surface area (Å²) in [5.74, 6) is -0.731. The molecular formula is C19H26N6O3. The summed E-state index contributed by atoms with van der Waals surface area (Å²) >= 11 is 0. The van der Waals surface area contributed by atoms with E-state index in [0.717, 1.165) is 6.42 Å². The van der Waals surface area contributed by atoms with E-state index in [4.69, 9.17) is 4.74 Å². The van der Waals surface area contributed by atoms with Gasteiger partial charge in [0, 0.05) is 24.6 Å². The Morgan fingerprint density at radius 2 is 2.14 bits per heavy atom. The number of anilines is 1. The van der Waals surface area contributed by atoms with Gasteiger partial charge in [-0.2, -0.15) is 0 Å². The smallest absolute Gasteiger partial charge is 0.359 e. The maximum absolute atomic E-state index is 13.0. The van der Waals surface area contributed by atoms with Crippen molar-refractivity contribution in [3.8, 4) is 0 Å². The number of pyridine rings is 1. The molecule has 0 saturated carbocycles. The summed E-state index contributed by atoms with van der Waals surface area (Å²) in [6, 6.07) is 3.08. The average Bonchev–Trinajstić information content (AvgIpc) is 3.23. The van der Waals surface area contributed by atoms with Crippen molar-refractivity contribution in [1.29, 1.82) is 0 Å². The van der Waals surface area contributed by atoms with Crippen molar-refractivity contribution in [2.75, 3.05) is 18.5 Å². The number of nitrogens with one attached hydrogen (secondary N) is 2. The predicted octanol–water partition coefficient (Wildman–Crippen LogP) is 1.89. The summed E-state index contributed by atoms with van der Waals surface area (Å²) in [4.78, 5) is 33.5. The van der Waals surface area contributed by atoms with Gasteiger partial charge in [-0.25, -0.2) is 25.2 Å². The molecule has 2 atom stereocenters. The monoisotopic (exact) mass is 386 g/mol. The summed E-state index contributed by atoms with van der Waals surface area (Å²) in [6.45, 7) is 6.40. The molecular weight excluding hydrogens is 360 g/mol. The fourth-order valence-corrected chi connectivity index (χ4v) is 3.30. The molecule has 28 heavy (non-hydrogen) atoms. The second-order valence-corrected chi connectivity index (χ2v) is 6.59. The van der Waals surface area contributed by atoms with Crippen LogP contribution in [0.3, 0.4) is 0 Å². The first-order chi connectivity index (χ1) is 13.5. The highest BCUT2D eigenvalue weighted by Gasteiger charge is 2.33. The van der Waals surface area contributed by atoms with Gasteiger partial charge in [0.15, 0.2) is 5.69 Å². The second kappa shape index (κ2) is 8.94. The first-order valence-corrected chi connectivity index (χ1v) is 9.49. The fraction of sp³-hybridized carbons (Fsp3) is 0.474. The maximum Gasteiger partial charge on any atom is 0.359 e. The number of carbonyl (C=O) groups excluding carboxylic acids is 2. The Morgan fingerprint density at radius 1 is 1.32 bits per heavy atom. The second-order valence-electron chi connectivity index (χ2n) is 6.59. The van der Waals surface area contributed by atoms with Gasteiger partial charge in [-0.3, -0.25) is 4.79 Å². The van der Waals surface area contributed by atoms with E-state index in [1.54, 1.807) is 38.5 Å². The van der Waals surface area contributed by atoms with E-state index in [1.165, 1.54) is 0 Å². The number of esters is 1. The molecule has 3 rings (SSSR count). The SMILES string of the molecule is CCOC(=O)c1nc(C)ccc1NC(=O)C1CCC(n2ccnc2)NN1CC. The molecule has 1 aliphatic heterocycles. The van der Waals surface area contributed by atoms with Gasteiger partial charge >= 0.3 is 5.97 Å². The molecule has 1 aliphatic rings. The van der Waals surface area contributed by atoms with Gasteiger partial charge in [0.05, 0.1) is 24.8 Å². The lowest BCUT2D eigenvalue weighted by Crippen LogP contribution is -2.56. The Hall–Kier alpha value is -2.78. The first kappa shape index (κ1) is 20.0. The molecule has 0 bridgehead atoms.